The summed E-state index contributed by atoms with van der Waals surface area (Å²) in [5.41, 5.74) is 2.56. The first-order valence-electron chi connectivity index (χ1n) is 10.7. The number of pyridine rings is 1. The number of carbonyl (C=O) groups excluding carboxylic acids is 2. The lowest BCUT2D eigenvalue weighted by Gasteiger charge is -2.16. The third-order valence-electron chi connectivity index (χ3n) is 5.24. The highest BCUT2D eigenvalue weighted by atomic mass is 16.5. The molecule has 33 heavy (non-hydrogen) atoms. The molecular weight excluding hydrogens is 418 g/mol. The van der Waals surface area contributed by atoms with Crippen molar-refractivity contribution < 1.29 is 19.1 Å². The molecule has 1 aliphatic rings. The van der Waals surface area contributed by atoms with Gasteiger partial charge >= 0.3 is 0 Å². The number of hydrogen-bond donors (Lipinski definition) is 1. The normalized spacial score (nSPS) is 13.5. The van der Waals surface area contributed by atoms with Gasteiger partial charge in [-0.1, -0.05) is 31.2 Å². The smallest absolute Gasteiger partial charge is 0.278 e. The number of amides is 2. The van der Waals surface area contributed by atoms with Crippen molar-refractivity contribution in [2.24, 2.45) is 0 Å². The van der Waals surface area contributed by atoms with Crippen molar-refractivity contribution >= 4 is 23.1 Å². The van der Waals surface area contributed by atoms with Crippen molar-refractivity contribution in [1.82, 2.24) is 9.88 Å². The number of ether oxygens (including phenoxy) is 2. The van der Waals surface area contributed by atoms with E-state index >= 15 is 0 Å². The summed E-state index contributed by atoms with van der Waals surface area (Å²) in [7, 11) is 1.56. The van der Waals surface area contributed by atoms with Crippen LogP contribution >= 0.6 is 0 Å². The Kier molecular flexibility index (Phi) is 6.69. The molecule has 0 radical (unpaired) electrons. The predicted octanol–water partition coefficient (Wildman–Crippen LogP) is 4.27. The molecule has 2 amide bonds. The lowest BCUT2D eigenvalue weighted by atomic mass is 10.0. The molecule has 168 valence electrons. The molecule has 0 fully saturated rings. The van der Waals surface area contributed by atoms with Crippen LogP contribution in [-0.2, 0) is 16.1 Å². The Balaban J connectivity index is 1.72. The van der Waals surface area contributed by atoms with E-state index in [1.54, 1.807) is 55.9 Å². The highest BCUT2D eigenvalue weighted by molar-refractivity contribution is 6.36. The molecule has 3 aromatic rings. The van der Waals surface area contributed by atoms with Gasteiger partial charge in [0.2, 0.25) is 0 Å². The van der Waals surface area contributed by atoms with E-state index in [2.05, 4.69) is 10.3 Å². The Morgan fingerprint density at radius 2 is 1.67 bits per heavy atom. The van der Waals surface area contributed by atoms with Gasteiger partial charge in [0.15, 0.2) is 0 Å². The molecule has 7 nitrogen and oxygen atoms in total. The van der Waals surface area contributed by atoms with Crippen molar-refractivity contribution in [3.63, 3.8) is 0 Å². The minimum absolute atomic E-state index is 0.151. The Hall–Kier alpha value is -4.13. The molecule has 1 aromatic heterocycles. The minimum atomic E-state index is -0.399. The van der Waals surface area contributed by atoms with E-state index in [0.29, 0.717) is 34.9 Å². The molecule has 0 aliphatic carbocycles. The fraction of sp³-hybridized carbons (Fsp3) is 0.192. The first-order valence-corrected chi connectivity index (χ1v) is 10.7. The van der Waals surface area contributed by atoms with Crippen LogP contribution in [0.15, 0.2) is 78.8 Å². The van der Waals surface area contributed by atoms with Gasteiger partial charge in [0.1, 0.15) is 17.2 Å². The summed E-state index contributed by atoms with van der Waals surface area (Å²) in [5.74, 6) is 0.520. The van der Waals surface area contributed by atoms with Crippen molar-refractivity contribution in [3.8, 4) is 11.5 Å². The SMILES string of the molecule is CCCOc1ccc(C2=C(Nc3ccccc3OC)C(=O)N(Cc3ccncc3)C2=O)cc1. The standard InChI is InChI=1S/C26H25N3O4/c1-3-16-33-20-10-8-19(9-11-20)23-24(28-21-6-4-5-7-22(21)32-2)26(31)29(25(23)30)17-18-12-14-27-15-13-18/h4-15,28H,3,16-17H2,1-2H3. The van der Waals surface area contributed by atoms with Crippen LogP contribution in [0.1, 0.15) is 24.5 Å². The van der Waals surface area contributed by atoms with Gasteiger partial charge in [-0.05, 0) is 53.9 Å². The second-order valence-corrected chi connectivity index (χ2v) is 7.50. The largest absolute Gasteiger partial charge is 0.495 e. The van der Waals surface area contributed by atoms with Crippen LogP contribution in [0.5, 0.6) is 11.5 Å². The number of para-hydroxylation sites is 2. The number of aromatic nitrogens is 1. The lowest BCUT2D eigenvalue weighted by molar-refractivity contribution is -0.137. The van der Waals surface area contributed by atoms with Crippen LogP contribution in [0.4, 0.5) is 5.69 Å². The zero-order chi connectivity index (χ0) is 23.2. The van der Waals surface area contributed by atoms with E-state index in [9.17, 15) is 9.59 Å². The number of nitrogens with one attached hydrogen (secondary N) is 1. The average molecular weight is 444 g/mol. The summed E-state index contributed by atoms with van der Waals surface area (Å²) in [6.07, 6.45) is 4.17. The molecule has 0 saturated heterocycles. The fourth-order valence-electron chi connectivity index (χ4n) is 3.59. The van der Waals surface area contributed by atoms with E-state index < -0.39 is 5.91 Å². The quantitative estimate of drug-likeness (QED) is 0.498. The van der Waals surface area contributed by atoms with E-state index in [1.807, 2.05) is 31.2 Å². The number of nitrogens with zero attached hydrogens (tertiary/aromatic N) is 2. The maximum atomic E-state index is 13.5. The average Bonchev–Trinajstić information content (AvgIpc) is 3.08. The second-order valence-electron chi connectivity index (χ2n) is 7.50. The van der Waals surface area contributed by atoms with Gasteiger partial charge < -0.3 is 14.8 Å². The Morgan fingerprint density at radius 3 is 2.36 bits per heavy atom. The Bertz CT molecular complexity index is 1170. The van der Waals surface area contributed by atoms with Gasteiger partial charge in [-0.15, -0.1) is 0 Å². The first kappa shape index (κ1) is 22.1. The van der Waals surface area contributed by atoms with Crippen molar-refractivity contribution in [3.05, 3.63) is 89.9 Å². The van der Waals surface area contributed by atoms with Crippen molar-refractivity contribution in [2.45, 2.75) is 19.9 Å². The highest BCUT2D eigenvalue weighted by Gasteiger charge is 2.39. The molecule has 7 heteroatoms. The molecule has 2 heterocycles. The summed E-state index contributed by atoms with van der Waals surface area (Å²) >= 11 is 0. The molecule has 0 unspecified atom stereocenters. The molecule has 4 rings (SSSR count). The van der Waals surface area contributed by atoms with Crippen LogP contribution in [0, 0.1) is 0 Å². The zero-order valence-electron chi connectivity index (χ0n) is 18.6. The second kappa shape index (κ2) is 9.99. The maximum Gasteiger partial charge on any atom is 0.278 e. The summed E-state index contributed by atoms with van der Waals surface area (Å²) < 4.78 is 11.1. The van der Waals surface area contributed by atoms with Crippen LogP contribution in [0.3, 0.4) is 0 Å². The number of benzene rings is 2. The Labute approximate surface area is 192 Å². The topological polar surface area (TPSA) is 80.8 Å². The monoisotopic (exact) mass is 443 g/mol. The van der Waals surface area contributed by atoms with Gasteiger partial charge in [0, 0.05) is 12.4 Å². The van der Waals surface area contributed by atoms with E-state index in [0.717, 1.165) is 12.0 Å². The van der Waals surface area contributed by atoms with E-state index in [1.165, 1.54) is 4.90 Å². The molecule has 2 aromatic carbocycles. The van der Waals surface area contributed by atoms with Crippen LogP contribution in [-0.4, -0.2) is 35.4 Å². The number of rotatable bonds is 9. The first-order chi connectivity index (χ1) is 16.1. The molecular formula is C26H25N3O4. The van der Waals surface area contributed by atoms with Gasteiger partial charge in [0.25, 0.3) is 11.8 Å². The van der Waals surface area contributed by atoms with Gasteiger partial charge in [-0.25, -0.2) is 0 Å². The lowest BCUT2D eigenvalue weighted by Crippen LogP contribution is -2.32. The summed E-state index contributed by atoms with van der Waals surface area (Å²) in [4.78, 5) is 32.1. The number of carbonyl (C=O) groups is 2. The third-order valence-corrected chi connectivity index (χ3v) is 5.24. The predicted molar refractivity (Wildman–Crippen MR) is 126 cm³/mol. The molecule has 0 atom stereocenters. The third kappa shape index (κ3) is 4.72. The van der Waals surface area contributed by atoms with E-state index in [4.69, 9.17) is 9.47 Å². The summed E-state index contributed by atoms with van der Waals surface area (Å²) in [6, 6.07) is 18.0. The molecule has 0 spiro atoms. The molecule has 0 bridgehead atoms. The van der Waals surface area contributed by atoms with Crippen molar-refractivity contribution in [1.29, 1.82) is 0 Å². The fourth-order valence-corrected chi connectivity index (χ4v) is 3.59. The zero-order valence-corrected chi connectivity index (χ0v) is 18.6. The van der Waals surface area contributed by atoms with Crippen molar-refractivity contribution in [2.75, 3.05) is 19.0 Å². The summed E-state index contributed by atoms with van der Waals surface area (Å²) in [5, 5.41) is 3.15. The van der Waals surface area contributed by atoms with Crippen LogP contribution in [0.25, 0.3) is 5.57 Å². The van der Waals surface area contributed by atoms with Gasteiger partial charge in [-0.3, -0.25) is 19.5 Å². The highest BCUT2D eigenvalue weighted by Crippen LogP contribution is 2.34. The number of methoxy groups -OCH3 is 1. The number of hydrogen-bond acceptors (Lipinski definition) is 6. The van der Waals surface area contributed by atoms with Gasteiger partial charge in [-0.2, -0.15) is 0 Å². The molecule has 1 aliphatic heterocycles. The summed E-state index contributed by atoms with van der Waals surface area (Å²) in [6.45, 7) is 2.80. The van der Waals surface area contributed by atoms with Crippen LogP contribution in [0.2, 0.25) is 0 Å². The van der Waals surface area contributed by atoms with Gasteiger partial charge in [0.05, 0.1) is 31.5 Å². The molecule has 0 saturated carbocycles. The van der Waals surface area contributed by atoms with Crippen LogP contribution < -0.4 is 14.8 Å². The maximum absolute atomic E-state index is 13.5. The molecule has 1 N–H and O–H groups in total. The number of imide groups is 1. The minimum Gasteiger partial charge on any atom is -0.495 e. The van der Waals surface area contributed by atoms with E-state index in [-0.39, 0.29) is 18.1 Å². The Morgan fingerprint density at radius 1 is 0.939 bits per heavy atom. The number of anilines is 1.